The highest BCUT2D eigenvalue weighted by Gasteiger charge is 2.36. The SMILES string of the molecule is CC(O)CCN1C(=O)C(=O)c2cc(Cl)c(F)cc21. The molecule has 1 heterocycles. The first-order valence-electron chi connectivity index (χ1n) is 5.45. The minimum Gasteiger partial charge on any atom is -0.393 e. The Morgan fingerprint density at radius 2 is 2.11 bits per heavy atom. The number of aliphatic hydroxyl groups is 1. The summed E-state index contributed by atoms with van der Waals surface area (Å²) in [6, 6.07) is 2.23. The molecule has 1 aliphatic rings. The first-order valence-corrected chi connectivity index (χ1v) is 5.83. The molecule has 0 aromatic heterocycles. The van der Waals surface area contributed by atoms with Crippen LogP contribution in [-0.2, 0) is 4.79 Å². The van der Waals surface area contributed by atoms with Gasteiger partial charge in [-0.25, -0.2) is 4.39 Å². The quantitative estimate of drug-likeness (QED) is 0.853. The van der Waals surface area contributed by atoms with Crippen LogP contribution >= 0.6 is 11.6 Å². The van der Waals surface area contributed by atoms with Crippen LogP contribution in [0, 0.1) is 5.82 Å². The molecule has 0 bridgehead atoms. The summed E-state index contributed by atoms with van der Waals surface area (Å²) in [5.74, 6) is -2.09. The van der Waals surface area contributed by atoms with E-state index in [0.717, 1.165) is 12.1 Å². The molecule has 0 radical (unpaired) electrons. The summed E-state index contributed by atoms with van der Waals surface area (Å²) < 4.78 is 13.4. The summed E-state index contributed by atoms with van der Waals surface area (Å²) in [7, 11) is 0. The number of fused-ring (bicyclic) bond motifs is 1. The number of hydrogen-bond donors (Lipinski definition) is 1. The molecule has 4 nitrogen and oxygen atoms in total. The van der Waals surface area contributed by atoms with Crippen molar-refractivity contribution in [3.05, 3.63) is 28.5 Å². The Labute approximate surface area is 108 Å². The van der Waals surface area contributed by atoms with Gasteiger partial charge in [0, 0.05) is 6.54 Å². The van der Waals surface area contributed by atoms with Crippen LogP contribution in [0.2, 0.25) is 5.02 Å². The molecule has 1 N–H and O–H groups in total. The molecule has 1 amide bonds. The molecule has 1 aliphatic heterocycles. The first kappa shape index (κ1) is 13.0. The summed E-state index contributed by atoms with van der Waals surface area (Å²) in [5, 5.41) is 9.01. The zero-order valence-corrected chi connectivity index (χ0v) is 10.4. The highest BCUT2D eigenvalue weighted by Crippen LogP contribution is 2.33. The molecular weight excluding hydrogens is 261 g/mol. The van der Waals surface area contributed by atoms with E-state index < -0.39 is 23.6 Å². The molecule has 6 heteroatoms. The second-order valence-corrected chi connectivity index (χ2v) is 4.61. The summed E-state index contributed by atoms with van der Waals surface area (Å²) in [5.41, 5.74) is 0.324. The largest absolute Gasteiger partial charge is 0.393 e. The molecule has 0 aliphatic carbocycles. The first-order chi connectivity index (χ1) is 8.41. The topological polar surface area (TPSA) is 57.6 Å². The third-order valence-electron chi connectivity index (χ3n) is 2.78. The van der Waals surface area contributed by atoms with Crippen LogP contribution in [0.15, 0.2) is 12.1 Å². The second-order valence-electron chi connectivity index (χ2n) is 4.21. The van der Waals surface area contributed by atoms with Crippen LogP contribution < -0.4 is 4.90 Å². The number of Topliss-reactive ketones (excluding diaryl/α,β-unsaturated/α-hetero) is 1. The average Bonchev–Trinajstić information content (AvgIpc) is 2.51. The highest BCUT2D eigenvalue weighted by atomic mass is 35.5. The van der Waals surface area contributed by atoms with E-state index in [1.54, 1.807) is 6.92 Å². The van der Waals surface area contributed by atoms with Gasteiger partial charge in [0.1, 0.15) is 5.82 Å². The zero-order valence-electron chi connectivity index (χ0n) is 9.61. The van der Waals surface area contributed by atoms with Crippen molar-refractivity contribution in [2.24, 2.45) is 0 Å². The van der Waals surface area contributed by atoms with Crippen molar-refractivity contribution < 1.29 is 19.1 Å². The Hall–Kier alpha value is -1.46. The van der Waals surface area contributed by atoms with Gasteiger partial charge in [-0.05, 0) is 25.5 Å². The van der Waals surface area contributed by atoms with E-state index in [1.807, 2.05) is 0 Å². The number of amides is 1. The number of ketones is 1. The lowest BCUT2D eigenvalue weighted by atomic mass is 10.1. The fourth-order valence-corrected chi connectivity index (χ4v) is 1.99. The predicted octanol–water partition coefficient (Wildman–Crippen LogP) is 1.78. The van der Waals surface area contributed by atoms with Gasteiger partial charge in [-0.2, -0.15) is 0 Å². The van der Waals surface area contributed by atoms with Crippen LogP contribution in [0.25, 0.3) is 0 Å². The Kier molecular flexibility index (Phi) is 3.36. The van der Waals surface area contributed by atoms with Gasteiger partial charge in [0.25, 0.3) is 11.7 Å². The third-order valence-corrected chi connectivity index (χ3v) is 3.07. The van der Waals surface area contributed by atoms with Crippen LogP contribution in [0.4, 0.5) is 10.1 Å². The van der Waals surface area contributed by atoms with Crippen molar-refractivity contribution >= 4 is 29.0 Å². The van der Waals surface area contributed by atoms with E-state index >= 15 is 0 Å². The Bertz CT molecular complexity index is 530. The summed E-state index contributed by atoms with van der Waals surface area (Å²) in [6.07, 6.45) is -0.294. The van der Waals surface area contributed by atoms with Crippen LogP contribution in [0.3, 0.4) is 0 Å². The minimum absolute atomic E-state index is 0.108. The number of rotatable bonds is 3. The van der Waals surface area contributed by atoms with Crippen molar-refractivity contribution in [2.75, 3.05) is 11.4 Å². The standard InChI is InChI=1S/C12H11ClFNO3/c1-6(16)2-3-15-10-5-9(14)8(13)4-7(10)11(17)12(15)18/h4-6,16H,2-3H2,1H3. The normalized spacial score (nSPS) is 16.1. The molecule has 1 aromatic rings. The maximum absolute atomic E-state index is 13.4. The highest BCUT2D eigenvalue weighted by molar-refractivity contribution is 6.52. The minimum atomic E-state index is -0.715. The molecule has 1 unspecified atom stereocenters. The van der Waals surface area contributed by atoms with E-state index in [9.17, 15) is 19.1 Å². The van der Waals surface area contributed by atoms with Crippen molar-refractivity contribution in [2.45, 2.75) is 19.4 Å². The van der Waals surface area contributed by atoms with Gasteiger partial charge in [-0.3, -0.25) is 9.59 Å². The maximum atomic E-state index is 13.4. The van der Waals surface area contributed by atoms with Crippen LogP contribution in [-0.4, -0.2) is 29.4 Å². The lowest BCUT2D eigenvalue weighted by molar-refractivity contribution is -0.114. The molecule has 18 heavy (non-hydrogen) atoms. The number of halogens is 2. The maximum Gasteiger partial charge on any atom is 0.299 e. The molecule has 0 saturated carbocycles. The fraction of sp³-hybridized carbons (Fsp3) is 0.333. The molecule has 1 atom stereocenters. The van der Waals surface area contributed by atoms with Gasteiger partial charge in [0.15, 0.2) is 0 Å². The molecule has 2 rings (SSSR count). The molecule has 0 spiro atoms. The number of nitrogens with zero attached hydrogens (tertiary/aromatic N) is 1. The van der Waals surface area contributed by atoms with E-state index in [2.05, 4.69) is 0 Å². The average molecular weight is 272 g/mol. The summed E-state index contributed by atoms with van der Waals surface area (Å²) in [6.45, 7) is 1.74. The number of carbonyl (C=O) groups excluding carboxylic acids is 2. The number of aliphatic hydroxyl groups excluding tert-OH is 1. The molecule has 0 fully saturated rings. The van der Waals surface area contributed by atoms with Crippen molar-refractivity contribution in [3.8, 4) is 0 Å². The Balaban J connectivity index is 2.38. The lowest BCUT2D eigenvalue weighted by Crippen LogP contribution is -2.32. The van der Waals surface area contributed by atoms with E-state index in [0.29, 0.717) is 6.42 Å². The van der Waals surface area contributed by atoms with Crippen LogP contribution in [0.5, 0.6) is 0 Å². The molecule has 0 saturated heterocycles. The molecule has 1 aromatic carbocycles. The smallest absolute Gasteiger partial charge is 0.299 e. The summed E-state index contributed by atoms with van der Waals surface area (Å²) in [4.78, 5) is 24.6. The lowest BCUT2D eigenvalue weighted by Gasteiger charge is -2.17. The van der Waals surface area contributed by atoms with Gasteiger partial charge < -0.3 is 10.0 Å². The number of carbonyl (C=O) groups is 2. The van der Waals surface area contributed by atoms with Crippen molar-refractivity contribution in [1.82, 2.24) is 0 Å². The summed E-state index contributed by atoms with van der Waals surface area (Å²) >= 11 is 5.58. The van der Waals surface area contributed by atoms with Crippen molar-refractivity contribution in [1.29, 1.82) is 0 Å². The fourth-order valence-electron chi connectivity index (χ4n) is 1.83. The zero-order chi connectivity index (χ0) is 13.4. The predicted molar refractivity (Wildman–Crippen MR) is 64.4 cm³/mol. The van der Waals surface area contributed by atoms with Gasteiger partial charge in [0.05, 0.1) is 22.4 Å². The van der Waals surface area contributed by atoms with E-state index in [1.165, 1.54) is 4.90 Å². The van der Waals surface area contributed by atoms with E-state index in [-0.39, 0.29) is 22.8 Å². The number of benzene rings is 1. The van der Waals surface area contributed by atoms with Gasteiger partial charge in [0.2, 0.25) is 0 Å². The number of hydrogen-bond acceptors (Lipinski definition) is 3. The van der Waals surface area contributed by atoms with Crippen molar-refractivity contribution in [3.63, 3.8) is 0 Å². The van der Waals surface area contributed by atoms with Crippen LogP contribution in [0.1, 0.15) is 23.7 Å². The Morgan fingerprint density at radius 1 is 1.44 bits per heavy atom. The van der Waals surface area contributed by atoms with Gasteiger partial charge in [-0.15, -0.1) is 0 Å². The second kappa shape index (κ2) is 4.66. The Morgan fingerprint density at radius 3 is 2.72 bits per heavy atom. The molecular formula is C12H11ClFNO3. The third kappa shape index (κ3) is 2.11. The van der Waals surface area contributed by atoms with Gasteiger partial charge >= 0.3 is 0 Å². The molecule has 96 valence electrons. The van der Waals surface area contributed by atoms with Gasteiger partial charge in [-0.1, -0.05) is 11.6 Å². The van der Waals surface area contributed by atoms with E-state index in [4.69, 9.17) is 11.6 Å². The monoisotopic (exact) mass is 271 g/mol. The number of anilines is 1.